The molecule has 2 aromatic carbocycles. The first-order valence-corrected chi connectivity index (χ1v) is 11.0. The van der Waals surface area contributed by atoms with Gasteiger partial charge in [-0.1, -0.05) is 90.1 Å². The van der Waals surface area contributed by atoms with Crippen LogP contribution in [0.1, 0.15) is 75.9 Å². The molecule has 3 rings (SSSR count). The maximum Gasteiger partial charge on any atom is 0.235 e. The second-order valence-corrected chi connectivity index (χ2v) is 10.8. The SMILES string of the molecule is Cc1ccccc1[C@H](N1C=[N+]([C@@H](c2ccccc2C)C(C)(C)C)CC1)C(C)(C)C. The summed E-state index contributed by atoms with van der Waals surface area (Å²) < 4.78 is 2.58. The van der Waals surface area contributed by atoms with Gasteiger partial charge in [0.2, 0.25) is 6.34 Å². The van der Waals surface area contributed by atoms with Gasteiger partial charge in [0.1, 0.15) is 25.2 Å². The van der Waals surface area contributed by atoms with Gasteiger partial charge in [-0.05, 0) is 36.1 Å². The van der Waals surface area contributed by atoms with Gasteiger partial charge in [0.05, 0.1) is 0 Å². The topological polar surface area (TPSA) is 6.25 Å². The van der Waals surface area contributed by atoms with Crippen LogP contribution in [0.5, 0.6) is 0 Å². The minimum atomic E-state index is 0.151. The van der Waals surface area contributed by atoms with Gasteiger partial charge in [0.25, 0.3) is 0 Å². The Morgan fingerprint density at radius 1 is 0.759 bits per heavy atom. The predicted octanol–water partition coefficient (Wildman–Crippen LogP) is 6.53. The molecule has 0 aromatic heterocycles. The van der Waals surface area contributed by atoms with Crippen molar-refractivity contribution >= 4 is 6.34 Å². The lowest BCUT2D eigenvalue weighted by Gasteiger charge is -2.34. The summed E-state index contributed by atoms with van der Waals surface area (Å²) >= 11 is 0. The van der Waals surface area contributed by atoms with Crippen LogP contribution in [0.3, 0.4) is 0 Å². The highest BCUT2D eigenvalue weighted by Gasteiger charge is 2.42. The molecule has 0 saturated heterocycles. The first-order chi connectivity index (χ1) is 13.5. The second-order valence-electron chi connectivity index (χ2n) is 10.8. The van der Waals surface area contributed by atoms with Crippen LogP contribution in [-0.4, -0.2) is 28.9 Å². The standard InChI is InChI=1S/C27H39N2/c1-20-13-9-11-15-22(20)24(26(3,4)5)28-17-18-29(19-28)25(27(6,7)8)23-16-12-10-14-21(23)2/h9-16,19,24-25H,17-18H2,1-8H3/q+1/t24-,25-/m0/s1. The van der Waals surface area contributed by atoms with Crippen LogP contribution < -0.4 is 0 Å². The van der Waals surface area contributed by atoms with Crippen molar-refractivity contribution in [2.75, 3.05) is 13.1 Å². The summed E-state index contributed by atoms with van der Waals surface area (Å²) in [6, 6.07) is 18.5. The van der Waals surface area contributed by atoms with Crippen LogP contribution in [0.25, 0.3) is 0 Å². The number of hydrogen-bond donors (Lipinski definition) is 0. The Bertz CT molecular complexity index is 880. The lowest BCUT2D eigenvalue weighted by Crippen LogP contribution is -2.35. The molecule has 0 radical (unpaired) electrons. The van der Waals surface area contributed by atoms with Crippen molar-refractivity contribution in [3.63, 3.8) is 0 Å². The summed E-state index contributed by atoms with van der Waals surface area (Å²) in [6.07, 6.45) is 2.42. The van der Waals surface area contributed by atoms with Gasteiger partial charge in [-0.25, -0.2) is 0 Å². The summed E-state index contributed by atoms with van der Waals surface area (Å²) in [5.41, 5.74) is 5.95. The minimum absolute atomic E-state index is 0.151. The zero-order valence-electron chi connectivity index (χ0n) is 19.7. The highest BCUT2D eigenvalue weighted by atomic mass is 15.3. The Morgan fingerprint density at radius 3 is 1.76 bits per heavy atom. The number of hydrogen-bond acceptors (Lipinski definition) is 1. The Balaban J connectivity index is 2.04. The van der Waals surface area contributed by atoms with E-state index in [-0.39, 0.29) is 10.8 Å². The van der Waals surface area contributed by atoms with E-state index in [1.54, 1.807) is 0 Å². The molecule has 1 aliphatic heterocycles. The van der Waals surface area contributed by atoms with Crippen molar-refractivity contribution in [3.05, 3.63) is 70.8 Å². The highest BCUT2D eigenvalue weighted by molar-refractivity contribution is 5.53. The quantitative estimate of drug-likeness (QED) is 0.537. The van der Waals surface area contributed by atoms with E-state index >= 15 is 0 Å². The van der Waals surface area contributed by atoms with Crippen molar-refractivity contribution in [1.82, 2.24) is 4.90 Å². The van der Waals surface area contributed by atoms with Crippen molar-refractivity contribution in [2.24, 2.45) is 10.8 Å². The molecule has 0 spiro atoms. The molecule has 0 amide bonds. The lowest BCUT2D eigenvalue weighted by atomic mass is 9.80. The Morgan fingerprint density at radius 2 is 1.28 bits per heavy atom. The minimum Gasteiger partial charge on any atom is -0.257 e. The third kappa shape index (κ3) is 4.57. The third-order valence-corrected chi connectivity index (χ3v) is 6.18. The Hall–Kier alpha value is -2.09. The van der Waals surface area contributed by atoms with Crippen LogP contribution in [-0.2, 0) is 0 Å². The molecular formula is C27H39N2+. The predicted molar refractivity (Wildman–Crippen MR) is 125 cm³/mol. The number of rotatable bonds is 4. The van der Waals surface area contributed by atoms with Crippen LogP contribution in [0, 0.1) is 24.7 Å². The van der Waals surface area contributed by atoms with Crippen molar-refractivity contribution in [2.45, 2.75) is 67.5 Å². The van der Waals surface area contributed by atoms with Gasteiger partial charge in [-0.3, -0.25) is 9.48 Å². The summed E-state index contributed by atoms with van der Waals surface area (Å²) in [7, 11) is 0. The average molecular weight is 392 g/mol. The van der Waals surface area contributed by atoms with Crippen molar-refractivity contribution < 1.29 is 4.58 Å². The van der Waals surface area contributed by atoms with Gasteiger partial charge in [0.15, 0.2) is 0 Å². The molecule has 0 aliphatic carbocycles. The van der Waals surface area contributed by atoms with Crippen LogP contribution in [0.4, 0.5) is 0 Å². The molecule has 2 atom stereocenters. The zero-order chi connectivity index (χ0) is 21.4. The van der Waals surface area contributed by atoms with E-state index < -0.39 is 0 Å². The van der Waals surface area contributed by atoms with Crippen molar-refractivity contribution in [1.29, 1.82) is 0 Å². The van der Waals surface area contributed by atoms with Crippen LogP contribution >= 0.6 is 0 Å². The Kier molecular flexibility index (Phi) is 5.94. The Labute approximate surface area is 178 Å². The van der Waals surface area contributed by atoms with Gasteiger partial charge < -0.3 is 0 Å². The molecule has 0 bridgehead atoms. The highest BCUT2D eigenvalue weighted by Crippen LogP contribution is 2.42. The third-order valence-electron chi connectivity index (χ3n) is 6.18. The molecule has 2 nitrogen and oxygen atoms in total. The molecule has 0 fully saturated rings. The number of aryl methyl sites for hydroxylation is 2. The first kappa shape index (κ1) is 21.6. The zero-order valence-corrected chi connectivity index (χ0v) is 19.7. The van der Waals surface area contributed by atoms with Gasteiger partial charge in [-0.2, -0.15) is 0 Å². The maximum absolute atomic E-state index is 2.58. The number of benzene rings is 2. The number of nitrogens with zero attached hydrogens (tertiary/aromatic N) is 2. The van der Waals surface area contributed by atoms with Gasteiger partial charge in [-0.15, -0.1) is 0 Å². The summed E-state index contributed by atoms with van der Waals surface area (Å²) in [6.45, 7) is 20.8. The monoisotopic (exact) mass is 391 g/mol. The van der Waals surface area contributed by atoms with Gasteiger partial charge >= 0.3 is 0 Å². The summed E-state index contributed by atoms with van der Waals surface area (Å²) in [5.74, 6) is 0. The molecule has 1 aliphatic rings. The average Bonchev–Trinajstić information content (AvgIpc) is 3.05. The molecule has 0 unspecified atom stereocenters. The normalized spacial score (nSPS) is 17.2. The van der Waals surface area contributed by atoms with Crippen LogP contribution in [0.15, 0.2) is 48.5 Å². The largest absolute Gasteiger partial charge is 0.257 e. The van der Waals surface area contributed by atoms with Gasteiger partial charge in [0, 0.05) is 10.8 Å². The second kappa shape index (κ2) is 7.97. The molecular weight excluding hydrogens is 352 g/mol. The molecule has 2 heteroatoms. The lowest BCUT2D eigenvalue weighted by molar-refractivity contribution is -0.576. The van der Waals surface area contributed by atoms with E-state index in [4.69, 9.17) is 0 Å². The first-order valence-electron chi connectivity index (χ1n) is 11.0. The molecule has 0 N–H and O–H groups in total. The fourth-order valence-electron chi connectivity index (χ4n) is 5.00. The fraction of sp³-hybridized carbons (Fsp3) is 0.519. The molecule has 0 saturated carbocycles. The summed E-state index contributed by atoms with van der Waals surface area (Å²) in [5, 5.41) is 0. The molecule has 2 aromatic rings. The maximum atomic E-state index is 2.58. The fourth-order valence-corrected chi connectivity index (χ4v) is 5.00. The summed E-state index contributed by atoms with van der Waals surface area (Å²) in [4.78, 5) is 2.58. The van der Waals surface area contributed by atoms with Crippen LogP contribution in [0.2, 0.25) is 0 Å². The van der Waals surface area contributed by atoms with E-state index in [1.807, 2.05) is 0 Å². The van der Waals surface area contributed by atoms with E-state index in [0.717, 1.165) is 13.1 Å². The van der Waals surface area contributed by atoms with E-state index in [0.29, 0.717) is 12.1 Å². The van der Waals surface area contributed by atoms with E-state index in [9.17, 15) is 0 Å². The van der Waals surface area contributed by atoms with E-state index in [2.05, 4.69) is 120 Å². The molecule has 29 heavy (non-hydrogen) atoms. The molecule has 156 valence electrons. The molecule has 1 heterocycles. The van der Waals surface area contributed by atoms with Crippen molar-refractivity contribution in [3.8, 4) is 0 Å². The smallest absolute Gasteiger partial charge is 0.235 e. The van der Waals surface area contributed by atoms with E-state index in [1.165, 1.54) is 22.3 Å².